The van der Waals surface area contributed by atoms with Gasteiger partial charge in [-0.05, 0) is 0 Å². The second kappa shape index (κ2) is 351. The average Bonchev–Trinajstić information content (AvgIpc) is 1.14. The van der Waals surface area contributed by atoms with E-state index < -0.39 is 18.2 Å². The van der Waals surface area contributed by atoms with Gasteiger partial charge in [0.15, 0.2) is 17.4 Å². The van der Waals surface area contributed by atoms with Gasteiger partial charge in [0.25, 0.3) is 0 Å². The van der Waals surface area contributed by atoms with E-state index in [0.717, 1.165) is 0 Å². The molecular weight excluding hydrogens is 705 g/mol. The Kier molecular flexibility index (Phi) is 8250. The summed E-state index contributed by atoms with van der Waals surface area (Å²) in [6.45, 7) is 0. The standard InChI is InChI=1S/Al.Na.H3O7PS.30H2O.4H/c;;1-8(2,3)7-9(4,5)6;;;;;;;;;;;;;;;;;;;;;;;;;;;;;;;;;;/h;;(H2,1,2,3)(H,4,5,6);30*1H2;;;;. The van der Waals surface area contributed by atoms with Crippen molar-refractivity contribution >= 4 is 65.1 Å². The van der Waals surface area contributed by atoms with Crippen molar-refractivity contribution in [3.05, 3.63) is 0 Å². The Bertz CT molecular complexity index is 233. The zero-order valence-electron chi connectivity index (χ0n) is 18.8. The zero-order valence-corrected chi connectivity index (χ0v) is 20.5. The van der Waals surface area contributed by atoms with Gasteiger partial charge in [-0.2, -0.15) is 8.42 Å². The molecule has 0 aliphatic heterocycles. The molecule has 0 atom stereocenters. The minimum absolute atomic E-state index is 0. The molecule has 0 radical (unpaired) electrons. The van der Waals surface area contributed by atoms with E-state index in [1.54, 1.807) is 0 Å². The van der Waals surface area contributed by atoms with E-state index in [0.29, 0.717) is 0 Å². The van der Waals surface area contributed by atoms with Crippen molar-refractivity contribution in [2.75, 3.05) is 0 Å². The van der Waals surface area contributed by atoms with Crippen molar-refractivity contribution in [1.29, 1.82) is 0 Å². The summed E-state index contributed by atoms with van der Waals surface area (Å²) in [6, 6.07) is 0. The van der Waals surface area contributed by atoms with Crippen LogP contribution < -0.4 is 0 Å². The topological polar surface area (TPSA) is 1070 Å². The summed E-state index contributed by atoms with van der Waals surface area (Å²) in [5, 5.41) is 0. The normalized spacial score (nSPS) is 3.00. The molecule has 63 N–H and O–H groups in total. The van der Waals surface area contributed by atoms with E-state index in [1.807, 2.05) is 0 Å². The summed E-state index contributed by atoms with van der Waals surface area (Å²) < 4.78 is 39.0. The predicted octanol–water partition coefficient (Wildman–Crippen LogP) is -27.7. The van der Waals surface area contributed by atoms with Gasteiger partial charge < -0.3 is 174 Å². The van der Waals surface area contributed by atoms with Gasteiger partial charge in [-0.1, -0.05) is 0 Å². The van der Waals surface area contributed by atoms with Crippen molar-refractivity contribution < 1.29 is 196 Å². The Labute approximate surface area is 260 Å². The Morgan fingerprint density at radius 2 is 0.439 bits per heavy atom. The fourth-order valence-electron chi connectivity index (χ4n) is 0.123. The van der Waals surface area contributed by atoms with Gasteiger partial charge in [-0.15, -0.1) is 3.97 Å². The molecule has 0 fully saturated rings. The molecule has 0 saturated heterocycles. The fourth-order valence-corrected chi connectivity index (χ4v) is 1.10. The number of hydrogen-bond donors (Lipinski definition) is 3. The summed E-state index contributed by atoms with van der Waals surface area (Å²) in [5.74, 6) is 0. The van der Waals surface area contributed by atoms with E-state index in [9.17, 15) is 13.0 Å². The van der Waals surface area contributed by atoms with E-state index in [-0.39, 0.29) is 211 Å². The second-order valence-electron chi connectivity index (χ2n) is 0.993. The molecule has 0 rings (SSSR count). The SMILES string of the molecule is O.O.O.O.O.O.O.O.O.O.O.O.O.O.O.O.O.O.O.O.O.O.O.O.O.O.O.O.O.O.O=P(O)(O)OS(=O)(=O)O.[AlH3].[NaH]. The molecule has 304 valence electrons. The molecular formula is H67AlNaO37PS. The third-order valence-electron chi connectivity index (χ3n) is 0.191. The quantitative estimate of drug-likeness (QED) is 0.138. The number of phosphoric acid groups is 1. The summed E-state index contributed by atoms with van der Waals surface area (Å²) in [6.07, 6.45) is 0. The molecule has 0 unspecified atom stereocenters. The van der Waals surface area contributed by atoms with E-state index in [1.165, 1.54) is 0 Å². The average molecular weight is 773 g/mol. The molecule has 0 bridgehead atoms. The van der Waals surface area contributed by atoms with Crippen LogP contribution >= 0.6 is 7.82 Å². The molecule has 0 aromatic heterocycles. The Balaban J connectivity index is -0.000000000645. The first-order valence-corrected chi connectivity index (χ1v) is 4.34. The summed E-state index contributed by atoms with van der Waals surface area (Å²) >= 11 is 0. The van der Waals surface area contributed by atoms with Crippen LogP contribution in [0.25, 0.3) is 0 Å². The van der Waals surface area contributed by atoms with Crippen LogP contribution in [0.3, 0.4) is 0 Å². The minimum atomic E-state index is -5.13. The zero-order chi connectivity index (χ0) is 7.71. The Hall–Kier alpha value is 0.352. The molecule has 0 aliphatic rings. The van der Waals surface area contributed by atoms with Crippen LogP contribution in [0.2, 0.25) is 0 Å². The number of hydrogen-bond acceptors (Lipinski definition) is 4. The fraction of sp³-hybridized carbons (Fsp3) is 0. The van der Waals surface area contributed by atoms with E-state index in [4.69, 9.17) is 14.3 Å². The summed E-state index contributed by atoms with van der Waals surface area (Å²) in [4.78, 5) is 15.4. The molecule has 0 aromatic rings. The molecule has 0 aliphatic carbocycles. The maximum absolute atomic E-state index is 9.58. The Morgan fingerprint density at radius 1 is 0.366 bits per heavy atom. The first-order chi connectivity index (χ1) is 3.71. The molecule has 37 nitrogen and oxygen atoms in total. The summed E-state index contributed by atoms with van der Waals surface area (Å²) in [5.41, 5.74) is 0. The van der Waals surface area contributed by atoms with Gasteiger partial charge >= 0.3 is 47.8 Å². The van der Waals surface area contributed by atoms with Crippen molar-refractivity contribution in [2.45, 2.75) is 0 Å². The van der Waals surface area contributed by atoms with E-state index >= 15 is 0 Å². The molecule has 0 aromatic carbocycles. The van der Waals surface area contributed by atoms with Gasteiger partial charge in [0, 0.05) is 0 Å². The van der Waals surface area contributed by atoms with Crippen LogP contribution in [0.5, 0.6) is 0 Å². The van der Waals surface area contributed by atoms with E-state index in [2.05, 4.69) is 3.97 Å². The van der Waals surface area contributed by atoms with Crippen molar-refractivity contribution in [3.8, 4) is 0 Å². The molecule has 0 heterocycles. The monoisotopic (exact) mass is 772 g/mol. The van der Waals surface area contributed by atoms with Crippen molar-refractivity contribution in [2.24, 2.45) is 0 Å². The second-order valence-corrected chi connectivity index (χ2v) is 3.43. The molecule has 0 amide bonds. The Morgan fingerprint density at radius 3 is 0.439 bits per heavy atom. The molecule has 0 spiro atoms. The van der Waals surface area contributed by atoms with Crippen LogP contribution in [0.1, 0.15) is 0 Å². The van der Waals surface area contributed by atoms with Gasteiger partial charge in [0.2, 0.25) is 0 Å². The molecule has 41 heavy (non-hydrogen) atoms. The van der Waals surface area contributed by atoms with Crippen LogP contribution in [-0.4, -0.2) is 234 Å². The molecule has 0 saturated carbocycles. The first-order valence-electron chi connectivity index (χ1n) is 1.45. The van der Waals surface area contributed by atoms with Crippen molar-refractivity contribution in [1.82, 2.24) is 0 Å². The van der Waals surface area contributed by atoms with Gasteiger partial charge in [-0.3, -0.25) is 4.55 Å². The van der Waals surface area contributed by atoms with Crippen LogP contribution in [0.4, 0.5) is 0 Å². The molecule has 41 heteroatoms. The summed E-state index contributed by atoms with van der Waals surface area (Å²) in [7, 11) is -10.2. The van der Waals surface area contributed by atoms with Crippen LogP contribution in [-0.2, 0) is 18.9 Å². The van der Waals surface area contributed by atoms with Gasteiger partial charge in [0.05, 0.1) is 0 Å². The third-order valence-corrected chi connectivity index (χ3v) is 1.72. The van der Waals surface area contributed by atoms with Crippen molar-refractivity contribution in [3.63, 3.8) is 0 Å². The van der Waals surface area contributed by atoms with Crippen LogP contribution in [0, 0.1) is 0 Å². The predicted molar refractivity (Wildman–Crippen MR) is 150 cm³/mol. The third kappa shape index (κ3) is 1470. The van der Waals surface area contributed by atoms with Gasteiger partial charge in [0.1, 0.15) is 0 Å². The maximum atomic E-state index is 9.58. The number of rotatable bonds is 2. The van der Waals surface area contributed by atoms with Crippen LogP contribution in [0.15, 0.2) is 0 Å². The van der Waals surface area contributed by atoms with Gasteiger partial charge in [-0.25, -0.2) is 4.57 Å². The first kappa shape index (κ1) is 965.